The number of likely N-dealkylation sites (N-methyl/N-ethyl adjacent to an activating group) is 1. The maximum Gasteiger partial charge on any atom is 0.276 e. The van der Waals surface area contributed by atoms with E-state index < -0.39 is 0 Å². The number of nitrogens with one attached hydrogen (secondary N) is 1. The minimum Gasteiger partial charge on any atom is -0.336 e. The largest absolute Gasteiger partial charge is 0.336 e. The Morgan fingerprint density at radius 3 is 3.14 bits per heavy atom. The zero-order chi connectivity index (χ0) is 15.5. The minimum atomic E-state index is -0.289. The summed E-state index contributed by atoms with van der Waals surface area (Å²) < 4.78 is 14.7. The van der Waals surface area contributed by atoms with Gasteiger partial charge in [0.25, 0.3) is 5.91 Å². The van der Waals surface area contributed by atoms with Gasteiger partial charge in [-0.25, -0.2) is 9.07 Å². The number of benzene rings is 1. The maximum absolute atomic E-state index is 13.2. The molecule has 0 saturated carbocycles. The van der Waals surface area contributed by atoms with E-state index in [1.54, 1.807) is 28.9 Å². The van der Waals surface area contributed by atoms with Crippen LogP contribution in [0, 0.1) is 5.82 Å². The van der Waals surface area contributed by atoms with E-state index in [0.717, 1.165) is 25.1 Å². The molecule has 22 heavy (non-hydrogen) atoms. The van der Waals surface area contributed by atoms with Gasteiger partial charge in [0.2, 0.25) is 0 Å². The van der Waals surface area contributed by atoms with Gasteiger partial charge in [0.15, 0.2) is 5.69 Å². The van der Waals surface area contributed by atoms with E-state index in [4.69, 9.17) is 0 Å². The van der Waals surface area contributed by atoms with Crippen molar-refractivity contribution in [2.75, 3.05) is 20.1 Å². The molecule has 2 aromatic rings. The molecule has 1 aromatic carbocycles. The number of amides is 1. The van der Waals surface area contributed by atoms with Gasteiger partial charge < -0.3 is 10.2 Å². The predicted octanol–water partition coefficient (Wildman–Crippen LogP) is 0.899. The van der Waals surface area contributed by atoms with Crippen molar-refractivity contribution in [2.24, 2.45) is 0 Å². The molecule has 1 atom stereocenters. The van der Waals surface area contributed by atoms with Crippen molar-refractivity contribution in [3.8, 4) is 0 Å². The van der Waals surface area contributed by atoms with Crippen molar-refractivity contribution in [1.29, 1.82) is 0 Å². The molecule has 0 radical (unpaired) electrons. The van der Waals surface area contributed by atoms with Gasteiger partial charge in [0.1, 0.15) is 5.82 Å². The van der Waals surface area contributed by atoms with Gasteiger partial charge in [0, 0.05) is 19.6 Å². The normalized spacial score (nSPS) is 17.6. The van der Waals surface area contributed by atoms with E-state index in [9.17, 15) is 9.18 Å². The maximum atomic E-state index is 13.2. The molecule has 1 aliphatic heterocycles. The van der Waals surface area contributed by atoms with Gasteiger partial charge in [-0.05, 0) is 30.7 Å². The molecule has 6 nitrogen and oxygen atoms in total. The number of nitrogens with zero attached hydrogens (tertiary/aromatic N) is 4. The Bertz CT molecular complexity index is 665. The third kappa shape index (κ3) is 3.14. The fraction of sp³-hybridized carbons (Fsp3) is 0.400. The third-order valence-corrected chi connectivity index (χ3v) is 3.89. The molecule has 0 bridgehead atoms. The molecule has 2 heterocycles. The van der Waals surface area contributed by atoms with Crippen LogP contribution in [-0.4, -0.2) is 52.0 Å². The number of rotatable bonds is 4. The monoisotopic (exact) mass is 303 g/mol. The Hall–Kier alpha value is -2.28. The first-order valence-corrected chi connectivity index (χ1v) is 7.26. The lowest BCUT2D eigenvalue weighted by Gasteiger charge is -2.22. The Balaban J connectivity index is 1.69. The first kappa shape index (κ1) is 14.6. The molecule has 7 heteroatoms. The van der Waals surface area contributed by atoms with Crippen LogP contribution in [0.25, 0.3) is 0 Å². The summed E-state index contributed by atoms with van der Waals surface area (Å²) >= 11 is 0. The van der Waals surface area contributed by atoms with Crippen molar-refractivity contribution < 1.29 is 9.18 Å². The lowest BCUT2D eigenvalue weighted by molar-refractivity contribution is 0.0737. The van der Waals surface area contributed by atoms with Gasteiger partial charge in [-0.3, -0.25) is 4.79 Å². The number of hydrogen-bond acceptors (Lipinski definition) is 4. The van der Waals surface area contributed by atoms with E-state index in [2.05, 4.69) is 15.6 Å². The number of hydrogen-bond donors (Lipinski definition) is 1. The summed E-state index contributed by atoms with van der Waals surface area (Å²) in [7, 11) is 1.78. The molecule has 1 N–H and O–H groups in total. The third-order valence-electron chi connectivity index (χ3n) is 3.89. The summed E-state index contributed by atoms with van der Waals surface area (Å²) in [4.78, 5) is 14.1. The second kappa shape index (κ2) is 6.23. The van der Waals surface area contributed by atoms with E-state index in [-0.39, 0.29) is 17.8 Å². The Morgan fingerprint density at radius 2 is 2.41 bits per heavy atom. The average molecular weight is 303 g/mol. The smallest absolute Gasteiger partial charge is 0.276 e. The first-order chi connectivity index (χ1) is 10.6. The Labute approximate surface area is 127 Å². The van der Waals surface area contributed by atoms with Crippen LogP contribution in [0.5, 0.6) is 0 Å². The minimum absolute atomic E-state index is 0.140. The number of halogens is 1. The SMILES string of the molecule is CN(C(=O)c1cn(Cc2cccc(F)c2)nn1)[C@H]1CCNC1. The summed E-state index contributed by atoms with van der Waals surface area (Å²) in [6.07, 6.45) is 2.55. The van der Waals surface area contributed by atoms with Crippen molar-refractivity contribution in [3.63, 3.8) is 0 Å². The van der Waals surface area contributed by atoms with Crippen LogP contribution in [0.15, 0.2) is 30.5 Å². The van der Waals surface area contributed by atoms with Crippen LogP contribution in [0.2, 0.25) is 0 Å². The summed E-state index contributed by atoms with van der Waals surface area (Å²) in [6, 6.07) is 6.49. The highest BCUT2D eigenvalue weighted by Crippen LogP contribution is 2.11. The van der Waals surface area contributed by atoms with Gasteiger partial charge in [0.05, 0.1) is 12.7 Å². The molecular formula is C15H18FN5O. The number of aromatic nitrogens is 3. The second-order valence-corrected chi connectivity index (χ2v) is 5.49. The zero-order valence-electron chi connectivity index (χ0n) is 12.4. The van der Waals surface area contributed by atoms with Gasteiger partial charge in [-0.2, -0.15) is 0 Å². The van der Waals surface area contributed by atoms with Crippen LogP contribution in [0.4, 0.5) is 4.39 Å². The van der Waals surface area contributed by atoms with Crippen molar-refractivity contribution in [2.45, 2.75) is 19.0 Å². The second-order valence-electron chi connectivity index (χ2n) is 5.49. The topological polar surface area (TPSA) is 63.1 Å². The summed E-state index contributed by atoms with van der Waals surface area (Å²) in [5, 5.41) is 11.1. The van der Waals surface area contributed by atoms with Crippen LogP contribution < -0.4 is 5.32 Å². The fourth-order valence-electron chi connectivity index (χ4n) is 2.61. The predicted molar refractivity (Wildman–Crippen MR) is 78.9 cm³/mol. The molecular weight excluding hydrogens is 285 g/mol. The highest BCUT2D eigenvalue weighted by atomic mass is 19.1. The van der Waals surface area contributed by atoms with E-state index in [1.807, 2.05) is 6.07 Å². The van der Waals surface area contributed by atoms with Gasteiger partial charge in [-0.1, -0.05) is 17.3 Å². The molecule has 0 spiro atoms. The zero-order valence-corrected chi connectivity index (χ0v) is 12.4. The van der Waals surface area contributed by atoms with Crippen LogP contribution in [-0.2, 0) is 6.54 Å². The molecule has 1 aromatic heterocycles. The lowest BCUT2D eigenvalue weighted by Crippen LogP contribution is -2.38. The van der Waals surface area contributed by atoms with Crippen LogP contribution in [0.3, 0.4) is 0 Å². The highest BCUT2D eigenvalue weighted by molar-refractivity contribution is 5.92. The quantitative estimate of drug-likeness (QED) is 0.911. The summed E-state index contributed by atoms with van der Waals surface area (Å²) in [5.74, 6) is -0.429. The average Bonchev–Trinajstić information content (AvgIpc) is 3.17. The molecule has 1 saturated heterocycles. The fourth-order valence-corrected chi connectivity index (χ4v) is 2.61. The number of carbonyl (C=O) groups excluding carboxylic acids is 1. The molecule has 0 aliphatic carbocycles. The van der Waals surface area contributed by atoms with E-state index in [1.165, 1.54) is 12.1 Å². The van der Waals surface area contributed by atoms with Crippen LogP contribution >= 0.6 is 0 Å². The van der Waals surface area contributed by atoms with E-state index >= 15 is 0 Å². The molecule has 1 fully saturated rings. The summed E-state index contributed by atoms with van der Waals surface area (Å²) in [5.41, 5.74) is 1.09. The van der Waals surface area contributed by atoms with E-state index in [0.29, 0.717) is 12.2 Å². The van der Waals surface area contributed by atoms with Crippen LogP contribution in [0.1, 0.15) is 22.5 Å². The standard InChI is InChI=1S/C15H18FN5O/c1-20(13-5-6-17-8-13)15(22)14-10-21(19-18-14)9-11-3-2-4-12(16)7-11/h2-4,7,10,13,17H,5-6,8-9H2,1H3/t13-/m0/s1. The molecule has 1 aliphatic rings. The Kier molecular flexibility index (Phi) is 4.15. The Morgan fingerprint density at radius 1 is 1.55 bits per heavy atom. The van der Waals surface area contributed by atoms with Crippen molar-refractivity contribution in [3.05, 3.63) is 47.5 Å². The first-order valence-electron chi connectivity index (χ1n) is 7.26. The highest BCUT2D eigenvalue weighted by Gasteiger charge is 2.25. The van der Waals surface area contributed by atoms with Crippen molar-refractivity contribution >= 4 is 5.91 Å². The van der Waals surface area contributed by atoms with Gasteiger partial charge >= 0.3 is 0 Å². The summed E-state index contributed by atoms with van der Waals surface area (Å²) in [6.45, 7) is 2.11. The molecule has 1 amide bonds. The molecule has 116 valence electrons. The van der Waals surface area contributed by atoms with Crippen molar-refractivity contribution in [1.82, 2.24) is 25.2 Å². The molecule has 3 rings (SSSR count). The van der Waals surface area contributed by atoms with Gasteiger partial charge in [-0.15, -0.1) is 5.10 Å². The lowest BCUT2D eigenvalue weighted by atomic mass is 10.2. The number of carbonyl (C=O) groups is 1. The molecule has 0 unspecified atom stereocenters.